The minimum atomic E-state index is 0.995. The largest absolute Gasteiger partial charge is 0.378 e. The average molecular weight is 328 g/mol. The van der Waals surface area contributed by atoms with E-state index in [0.717, 1.165) is 5.71 Å². The molecule has 0 aliphatic heterocycles. The molecule has 3 rings (SSSR count). The maximum atomic E-state index is 4.24. The van der Waals surface area contributed by atoms with Crippen LogP contribution in [0.3, 0.4) is 0 Å². The van der Waals surface area contributed by atoms with Crippen LogP contribution in [-0.2, 0) is 0 Å². The first kappa shape index (κ1) is 17.0. The molecule has 1 aliphatic rings. The molecule has 2 aromatic carbocycles. The minimum absolute atomic E-state index is 0.995. The zero-order valence-electron chi connectivity index (χ0n) is 15.3. The van der Waals surface area contributed by atoms with E-state index in [1.807, 2.05) is 7.05 Å². The fourth-order valence-electron chi connectivity index (χ4n) is 2.92. The summed E-state index contributed by atoms with van der Waals surface area (Å²) in [7, 11) is 5.94. The summed E-state index contributed by atoms with van der Waals surface area (Å²) in [5.74, 6) is 0. The van der Waals surface area contributed by atoms with Crippen molar-refractivity contribution in [3.63, 3.8) is 0 Å². The van der Waals surface area contributed by atoms with Gasteiger partial charge in [0.25, 0.3) is 0 Å². The van der Waals surface area contributed by atoms with Crippen molar-refractivity contribution in [2.45, 2.75) is 6.92 Å². The van der Waals surface area contributed by atoms with Crippen molar-refractivity contribution in [1.82, 2.24) is 0 Å². The SMILES string of the molecule is CN=C1C=CC(=C(c2ccc(C)cc2)c2ccc(N(C)C)cc2)C=C1. The van der Waals surface area contributed by atoms with Crippen LogP contribution in [0.4, 0.5) is 5.69 Å². The molecule has 2 aromatic rings. The Morgan fingerprint density at radius 1 is 0.760 bits per heavy atom. The molecule has 0 unspecified atom stereocenters. The van der Waals surface area contributed by atoms with Crippen LogP contribution >= 0.6 is 0 Å². The second-order valence-corrected chi connectivity index (χ2v) is 6.45. The predicted octanol–water partition coefficient (Wildman–Crippen LogP) is 5.06. The summed E-state index contributed by atoms with van der Waals surface area (Å²) in [6.07, 6.45) is 8.43. The lowest BCUT2D eigenvalue weighted by atomic mass is 9.90. The molecule has 0 saturated carbocycles. The summed E-state index contributed by atoms with van der Waals surface area (Å²) in [6, 6.07) is 17.5. The molecule has 0 atom stereocenters. The molecule has 0 spiro atoms. The van der Waals surface area contributed by atoms with Gasteiger partial charge in [0.05, 0.1) is 5.71 Å². The third kappa shape index (κ3) is 3.80. The lowest BCUT2D eigenvalue weighted by Gasteiger charge is -2.17. The van der Waals surface area contributed by atoms with Gasteiger partial charge >= 0.3 is 0 Å². The Bertz CT molecular complexity index is 843. The number of hydrogen-bond donors (Lipinski definition) is 0. The van der Waals surface area contributed by atoms with Gasteiger partial charge in [-0.2, -0.15) is 0 Å². The number of benzene rings is 2. The van der Waals surface area contributed by atoms with Crippen LogP contribution < -0.4 is 4.90 Å². The van der Waals surface area contributed by atoms with Gasteiger partial charge in [0.15, 0.2) is 0 Å². The molecule has 0 fully saturated rings. The van der Waals surface area contributed by atoms with E-state index in [1.54, 1.807) is 0 Å². The Kier molecular flexibility index (Phi) is 4.99. The van der Waals surface area contributed by atoms with Gasteiger partial charge in [-0.1, -0.05) is 54.1 Å². The van der Waals surface area contributed by atoms with Crippen LogP contribution in [0.25, 0.3) is 5.57 Å². The standard InChI is InChI=1S/C23H24N2/c1-17-5-7-18(8-6-17)23(19-9-13-21(24-2)14-10-19)20-11-15-22(16-12-20)25(3)4/h5-16H,1-4H3. The number of hydrogen-bond acceptors (Lipinski definition) is 2. The average Bonchev–Trinajstić information content (AvgIpc) is 2.64. The first-order valence-electron chi connectivity index (χ1n) is 8.50. The van der Waals surface area contributed by atoms with Crippen molar-refractivity contribution < 1.29 is 0 Å². The third-order valence-electron chi connectivity index (χ3n) is 4.43. The minimum Gasteiger partial charge on any atom is -0.378 e. The van der Waals surface area contributed by atoms with Crippen LogP contribution in [0, 0.1) is 6.92 Å². The van der Waals surface area contributed by atoms with Crippen LogP contribution in [0.15, 0.2) is 83.4 Å². The van der Waals surface area contributed by atoms with E-state index in [4.69, 9.17) is 0 Å². The summed E-state index contributed by atoms with van der Waals surface area (Å²) < 4.78 is 0. The van der Waals surface area contributed by atoms with Gasteiger partial charge in [-0.15, -0.1) is 0 Å². The summed E-state index contributed by atoms with van der Waals surface area (Å²) in [5, 5.41) is 0. The highest BCUT2D eigenvalue weighted by molar-refractivity contribution is 6.07. The van der Waals surface area contributed by atoms with Gasteiger partial charge in [-0.3, -0.25) is 4.99 Å². The van der Waals surface area contributed by atoms with Crippen molar-refractivity contribution >= 4 is 17.0 Å². The molecule has 0 amide bonds. The molecule has 0 heterocycles. The van der Waals surface area contributed by atoms with E-state index in [-0.39, 0.29) is 0 Å². The van der Waals surface area contributed by atoms with Crippen molar-refractivity contribution in [3.8, 4) is 0 Å². The summed E-state index contributed by atoms with van der Waals surface area (Å²) in [4.78, 5) is 6.36. The maximum absolute atomic E-state index is 4.24. The van der Waals surface area contributed by atoms with Crippen molar-refractivity contribution in [1.29, 1.82) is 0 Å². The molecule has 0 saturated heterocycles. The monoisotopic (exact) mass is 328 g/mol. The highest BCUT2D eigenvalue weighted by Gasteiger charge is 2.11. The maximum Gasteiger partial charge on any atom is 0.0571 e. The van der Waals surface area contributed by atoms with Crippen molar-refractivity contribution in [2.24, 2.45) is 4.99 Å². The number of allylic oxidation sites excluding steroid dienone is 5. The lowest BCUT2D eigenvalue weighted by molar-refractivity contribution is 1.13. The Morgan fingerprint density at radius 3 is 1.76 bits per heavy atom. The summed E-state index contributed by atoms with van der Waals surface area (Å²) in [6.45, 7) is 2.12. The predicted molar refractivity (Wildman–Crippen MR) is 110 cm³/mol. The molecule has 25 heavy (non-hydrogen) atoms. The summed E-state index contributed by atoms with van der Waals surface area (Å²) in [5.41, 5.74) is 8.36. The molecule has 1 aliphatic carbocycles. The Morgan fingerprint density at radius 2 is 1.28 bits per heavy atom. The number of aryl methyl sites for hydroxylation is 1. The Labute approximate surface area is 150 Å². The Hall–Kier alpha value is -2.87. The highest BCUT2D eigenvalue weighted by Crippen LogP contribution is 2.31. The van der Waals surface area contributed by atoms with Crippen molar-refractivity contribution in [3.05, 3.63) is 95.1 Å². The smallest absolute Gasteiger partial charge is 0.0571 e. The van der Waals surface area contributed by atoms with E-state index in [9.17, 15) is 0 Å². The third-order valence-corrected chi connectivity index (χ3v) is 4.43. The zero-order chi connectivity index (χ0) is 17.8. The first-order chi connectivity index (χ1) is 12.1. The van der Waals surface area contributed by atoms with Crippen LogP contribution in [0.1, 0.15) is 16.7 Å². The van der Waals surface area contributed by atoms with Crippen molar-refractivity contribution in [2.75, 3.05) is 26.0 Å². The van der Waals surface area contributed by atoms with E-state index >= 15 is 0 Å². The fourth-order valence-corrected chi connectivity index (χ4v) is 2.92. The van der Waals surface area contributed by atoms with E-state index in [2.05, 4.69) is 104 Å². The molecule has 2 heteroatoms. The van der Waals surface area contributed by atoms with Crippen LogP contribution in [-0.4, -0.2) is 26.9 Å². The molecular weight excluding hydrogens is 304 g/mol. The molecule has 0 radical (unpaired) electrons. The second-order valence-electron chi connectivity index (χ2n) is 6.45. The molecule has 2 nitrogen and oxygen atoms in total. The van der Waals surface area contributed by atoms with E-state index < -0.39 is 0 Å². The highest BCUT2D eigenvalue weighted by atomic mass is 15.1. The molecule has 0 bridgehead atoms. The fraction of sp³-hybridized carbons (Fsp3) is 0.174. The number of anilines is 1. The second kappa shape index (κ2) is 7.35. The van der Waals surface area contributed by atoms with Gasteiger partial charge in [-0.25, -0.2) is 0 Å². The summed E-state index contributed by atoms with van der Waals surface area (Å²) >= 11 is 0. The topological polar surface area (TPSA) is 15.6 Å². The molecular formula is C23H24N2. The number of rotatable bonds is 3. The molecule has 0 aromatic heterocycles. The van der Waals surface area contributed by atoms with Gasteiger partial charge in [0.1, 0.15) is 0 Å². The van der Waals surface area contributed by atoms with Crippen LogP contribution in [0.5, 0.6) is 0 Å². The van der Waals surface area contributed by atoms with Gasteiger partial charge in [0, 0.05) is 26.8 Å². The van der Waals surface area contributed by atoms with Crippen LogP contribution in [0.2, 0.25) is 0 Å². The molecule has 0 N–H and O–H groups in total. The Balaban J connectivity index is 2.13. The van der Waals surface area contributed by atoms with Gasteiger partial charge < -0.3 is 4.90 Å². The number of aliphatic imine (C=N–C) groups is 1. The van der Waals surface area contributed by atoms with E-state index in [1.165, 1.54) is 33.5 Å². The van der Waals surface area contributed by atoms with Gasteiger partial charge in [-0.05, 0) is 53.5 Å². The quantitative estimate of drug-likeness (QED) is 0.769. The molecule has 126 valence electrons. The first-order valence-corrected chi connectivity index (χ1v) is 8.50. The van der Waals surface area contributed by atoms with E-state index in [0.29, 0.717) is 0 Å². The zero-order valence-corrected chi connectivity index (χ0v) is 15.3. The van der Waals surface area contributed by atoms with Gasteiger partial charge in [0.2, 0.25) is 0 Å². The normalized spacial score (nSPS) is 13.1. The number of nitrogens with zero attached hydrogens (tertiary/aromatic N) is 2. The lowest BCUT2D eigenvalue weighted by Crippen LogP contribution is -2.08.